The van der Waals surface area contributed by atoms with Crippen LogP contribution in [0.25, 0.3) is 6.08 Å². The van der Waals surface area contributed by atoms with Gasteiger partial charge in [0.1, 0.15) is 0 Å². The van der Waals surface area contributed by atoms with Gasteiger partial charge in [0.15, 0.2) is 6.61 Å². The molecule has 0 unspecified atom stereocenters. The molecule has 0 aromatic heterocycles. The number of ether oxygens (including phenoxy) is 2. The van der Waals surface area contributed by atoms with E-state index in [4.69, 9.17) is 4.74 Å². The van der Waals surface area contributed by atoms with Crippen molar-refractivity contribution in [3.05, 3.63) is 71.8 Å². The van der Waals surface area contributed by atoms with Gasteiger partial charge in [-0.1, -0.05) is 30.3 Å². The Morgan fingerprint density at radius 1 is 0.967 bits per heavy atom. The molecule has 0 aliphatic carbocycles. The van der Waals surface area contributed by atoms with Crippen LogP contribution in [0.5, 0.6) is 0 Å². The fraction of sp³-hybridized carbons (Fsp3) is 0.182. The van der Waals surface area contributed by atoms with E-state index in [0.717, 1.165) is 5.56 Å². The first-order valence-corrected chi connectivity index (χ1v) is 9.13. The molecular formula is C22H22N2O6. The van der Waals surface area contributed by atoms with Gasteiger partial charge in [0, 0.05) is 18.3 Å². The summed E-state index contributed by atoms with van der Waals surface area (Å²) in [6.45, 7) is -0.368. The van der Waals surface area contributed by atoms with Gasteiger partial charge < -0.3 is 20.1 Å². The molecule has 0 aliphatic rings. The minimum atomic E-state index is -0.612. The van der Waals surface area contributed by atoms with Gasteiger partial charge in [0.05, 0.1) is 19.1 Å². The third-order valence-electron chi connectivity index (χ3n) is 3.81. The van der Waals surface area contributed by atoms with Crippen LogP contribution in [0.15, 0.2) is 60.7 Å². The first-order chi connectivity index (χ1) is 14.5. The summed E-state index contributed by atoms with van der Waals surface area (Å²) in [5.74, 6) is -1.95. The molecule has 0 aliphatic heterocycles. The molecule has 30 heavy (non-hydrogen) atoms. The van der Waals surface area contributed by atoms with Crippen LogP contribution in [-0.2, 0) is 23.9 Å². The zero-order valence-corrected chi connectivity index (χ0v) is 16.4. The number of carbonyl (C=O) groups excluding carboxylic acids is 4. The van der Waals surface area contributed by atoms with Gasteiger partial charge in [-0.2, -0.15) is 0 Å². The van der Waals surface area contributed by atoms with E-state index >= 15 is 0 Å². The molecule has 0 heterocycles. The molecule has 8 heteroatoms. The molecule has 0 atom stereocenters. The Balaban J connectivity index is 1.64. The number of amides is 2. The van der Waals surface area contributed by atoms with Gasteiger partial charge in [0.25, 0.3) is 5.91 Å². The molecule has 2 rings (SSSR count). The predicted octanol–water partition coefficient (Wildman–Crippen LogP) is 2.17. The molecule has 2 N–H and O–H groups in total. The van der Waals surface area contributed by atoms with Gasteiger partial charge >= 0.3 is 11.9 Å². The lowest BCUT2D eigenvalue weighted by atomic mass is 10.2. The summed E-state index contributed by atoms with van der Waals surface area (Å²) in [4.78, 5) is 46.6. The number of hydrogen-bond acceptors (Lipinski definition) is 6. The van der Waals surface area contributed by atoms with Gasteiger partial charge in [-0.25, -0.2) is 4.79 Å². The highest BCUT2D eigenvalue weighted by atomic mass is 16.5. The van der Waals surface area contributed by atoms with Crippen molar-refractivity contribution in [2.75, 3.05) is 25.6 Å². The molecule has 0 saturated carbocycles. The van der Waals surface area contributed by atoms with E-state index in [9.17, 15) is 19.2 Å². The fourth-order valence-electron chi connectivity index (χ4n) is 2.31. The molecule has 8 nitrogen and oxygen atoms in total. The number of methoxy groups -OCH3 is 1. The second kappa shape index (κ2) is 11.8. The van der Waals surface area contributed by atoms with Crippen LogP contribution in [0.2, 0.25) is 0 Å². The number of rotatable bonds is 9. The van der Waals surface area contributed by atoms with Crippen molar-refractivity contribution < 1.29 is 28.7 Å². The van der Waals surface area contributed by atoms with E-state index in [2.05, 4.69) is 15.4 Å². The standard InChI is InChI=1S/C22H22N2O6/c1-29-22(28)17-8-10-18(11-9-17)24-20(26)15-30-21(27)13-14-23-19(25)12-7-16-5-3-2-4-6-16/h2-12H,13-15H2,1H3,(H,23,25)(H,24,26)/b12-7+. The minimum absolute atomic E-state index is 0.0635. The lowest BCUT2D eigenvalue weighted by molar-refractivity contribution is -0.147. The highest BCUT2D eigenvalue weighted by Crippen LogP contribution is 2.10. The van der Waals surface area contributed by atoms with Crippen LogP contribution in [-0.4, -0.2) is 44.0 Å². The third kappa shape index (κ3) is 7.97. The van der Waals surface area contributed by atoms with Crippen LogP contribution in [0, 0.1) is 0 Å². The zero-order chi connectivity index (χ0) is 21.8. The third-order valence-corrected chi connectivity index (χ3v) is 3.81. The summed E-state index contributed by atoms with van der Waals surface area (Å²) in [7, 11) is 1.28. The first-order valence-electron chi connectivity index (χ1n) is 9.13. The summed E-state index contributed by atoms with van der Waals surface area (Å²) in [5, 5.41) is 5.11. The highest BCUT2D eigenvalue weighted by Gasteiger charge is 2.09. The molecule has 0 spiro atoms. The normalized spacial score (nSPS) is 10.3. The Hall–Kier alpha value is -3.94. The van der Waals surface area contributed by atoms with Crippen LogP contribution in [0.3, 0.4) is 0 Å². The molecular weight excluding hydrogens is 388 g/mol. The Morgan fingerprint density at radius 2 is 1.67 bits per heavy atom. The Kier molecular flexibility index (Phi) is 8.79. The summed E-state index contributed by atoms with van der Waals surface area (Å²) in [6.07, 6.45) is 2.97. The van der Waals surface area contributed by atoms with Crippen molar-refractivity contribution in [2.45, 2.75) is 6.42 Å². The smallest absolute Gasteiger partial charge is 0.337 e. The van der Waals surface area contributed by atoms with E-state index in [1.165, 1.54) is 37.5 Å². The maximum absolute atomic E-state index is 11.8. The Bertz CT molecular complexity index is 907. The molecule has 2 aromatic carbocycles. The van der Waals surface area contributed by atoms with E-state index in [0.29, 0.717) is 11.3 Å². The molecule has 2 aromatic rings. The highest BCUT2D eigenvalue weighted by molar-refractivity contribution is 5.94. The monoisotopic (exact) mass is 410 g/mol. The number of hydrogen-bond donors (Lipinski definition) is 2. The average Bonchev–Trinajstić information content (AvgIpc) is 2.77. The van der Waals surface area contributed by atoms with Gasteiger partial charge in [-0.3, -0.25) is 14.4 Å². The van der Waals surface area contributed by atoms with Crippen molar-refractivity contribution in [3.63, 3.8) is 0 Å². The van der Waals surface area contributed by atoms with Gasteiger partial charge in [-0.15, -0.1) is 0 Å². The second-order valence-electron chi connectivity index (χ2n) is 6.06. The van der Waals surface area contributed by atoms with E-state index in [1.807, 2.05) is 30.3 Å². The second-order valence-corrected chi connectivity index (χ2v) is 6.06. The molecule has 0 bridgehead atoms. The van der Waals surface area contributed by atoms with Crippen molar-refractivity contribution in [1.82, 2.24) is 5.32 Å². The summed E-state index contributed by atoms with van der Waals surface area (Å²) >= 11 is 0. The Labute approximate surface area is 173 Å². The van der Waals surface area contributed by atoms with E-state index < -0.39 is 24.5 Å². The maximum Gasteiger partial charge on any atom is 0.337 e. The number of carbonyl (C=O) groups is 4. The minimum Gasteiger partial charge on any atom is -0.465 e. The van der Waals surface area contributed by atoms with Crippen LogP contribution in [0.4, 0.5) is 5.69 Å². The SMILES string of the molecule is COC(=O)c1ccc(NC(=O)COC(=O)CCNC(=O)/C=C/c2ccccc2)cc1. The van der Waals surface area contributed by atoms with Crippen molar-refractivity contribution in [2.24, 2.45) is 0 Å². The zero-order valence-electron chi connectivity index (χ0n) is 16.4. The molecule has 0 fully saturated rings. The topological polar surface area (TPSA) is 111 Å². The summed E-state index contributed by atoms with van der Waals surface area (Å²) < 4.78 is 9.46. The predicted molar refractivity (Wildman–Crippen MR) is 110 cm³/mol. The van der Waals surface area contributed by atoms with Crippen molar-refractivity contribution in [3.8, 4) is 0 Å². The molecule has 156 valence electrons. The lowest BCUT2D eigenvalue weighted by Gasteiger charge is -2.07. The number of esters is 2. The molecule has 0 radical (unpaired) electrons. The lowest BCUT2D eigenvalue weighted by Crippen LogP contribution is -2.26. The maximum atomic E-state index is 11.8. The van der Waals surface area contributed by atoms with Crippen LogP contribution < -0.4 is 10.6 Å². The largest absolute Gasteiger partial charge is 0.465 e. The number of benzene rings is 2. The van der Waals surface area contributed by atoms with Crippen molar-refractivity contribution >= 4 is 35.5 Å². The van der Waals surface area contributed by atoms with Crippen molar-refractivity contribution in [1.29, 1.82) is 0 Å². The van der Waals surface area contributed by atoms with Crippen LogP contribution >= 0.6 is 0 Å². The van der Waals surface area contributed by atoms with E-state index in [-0.39, 0.29) is 18.9 Å². The summed E-state index contributed by atoms with van der Waals surface area (Å²) in [5.41, 5.74) is 1.68. The van der Waals surface area contributed by atoms with Gasteiger partial charge in [0.2, 0.25) is 5.91 Å². The number of anilines is 1. The quantitative estimate of drug-likeness (QED) is 0.484. The molecule has 2 amide bonds. The fourth-order valence-corrected chi connectivity index (χ4v) is 2.31. The Morgan fingerprint density at radius 3 is 2.33 bits per heavy atom. The average molecular weight is 410 g/mol. The summed E-state index contributed by atoms with van der Waals surface area (Å²) in [6, 6.07) is 15.4. The van der Waals surface area contributed by atoms with E-state index in [1.54, 1.807) is 6.08 Å². The first kappa shape index (κ1) is 22.4. The van der Waals surface area contributed by atoms with Crippen LogP contribution in [0.1, 0.15) is 22.3 Å². The molecule has 0 saturated heterocycles. The number of nitrogens with one attached hydrogen (secondary N) is 2. The van der Waals surface area contributed by atoms with Gasteiger partial charge in [-0.05, 0) is 35.9 Å².